The summed E-state index contributed by atoms with van der Waals surface area (Å²) in [5.41, 5.74) is -1.49. The summed E-state index contributed by atoms with van der Waals surface area (Å²) in [6.07, 6.45) is -4.02. The molecule has 1 amide bonds. The van der Waals surface area contributed by atoms with Gasteiger partial charge in [-0.1, -0.05) is 12.1 Å². The van der Waals surface area contributed by atoms with Crippen LogP contribution in [0.5, 0.6) is 0 Å². The number of aromatic amines is 1. The summed E-state index contributed by atoms with van der Waals surface area (Å²) in [6.45, 7) is -0.282. The SMILES string of the molecule is O=C(NCc1ccc(F)cc1-c1ccc(F)c(F)c1)c1c[nH]nc1C(F)(F)F. The topological polar surface area (TPSA) is 57.8 Å². The zero-order valence-corrected chi connectivity index (χ0v) is 13.9. The Morgan fingerprint density at radius 3 is 2.46 bits per heavy atom. The largest absolute Gasteiger partial charge is 0.435 e. The van der Waals surface area contributed by atoms with Gasteiger partial charge in [0, 0.05) is 12.7 Å². The molecule has 1 aromatic heterocycles. The minimum Gasteiger partial charge on any atom is -0.348 e. The van der Waals surface area contributed by atoms with Crippen molar-refractivity contribution in [2.45, 2.75) is 12.7 Å². The van der Waals surface area contributed by atoms with E-state index in [1.165, 1.54) is 12.1 Å². The van der Waals surface area contributed by atoms with Gasteiger partial charge in [-0.25, -0.2) is 13.2 Å². The number of aromatic nitrogens is 2. The molecule has 0 aliphatic heterocycles. The number of halogens is 6. The fraction of sp³-hybridized carbons (Fsp3) is 0.111. The van der Waals surface area contributed by atoms with E-state index in [4.69, 9.17) is 0 Å². The average Bonchev–Trinajstić information content (AvgIpc) is 3.13. The number of nitrogens with zero attached hydrogens (tertiary/aromatic N) is 1. The van der Waals surface area contributed by atoms with Gasteiger partial charge < -0.3 is 5.32 Å². The Kier molecular flexibility index (Phi) is 5.12. The number of benzene rings is 2. The molecule has 0 aliphatic carbocycles. The van der Waals surface area contributed by atoms with Crippen LogP contribution in [0.4, 0.5) is 26.3 Å². The highest BCUT2D eigenvalue weighted by atomic mass is 19.4. The normalized spacial score (nSPS) is 11.5. The molecule has 0 spiro atoms. The monoisotopic (exact) mass is 399 g/mol. The van der Waals surface area contributed by atoms with Gasteiger partial charge in [-0.05, 0) is 41.0 Å². The maximum Gasteiger partial charge on any atom is 0.435 e. The zero-order valence-electron chi connectivity index (χ0n) is 13.9. The molecule has 2 N–H and O–H groups in total. The highest BCUT2D eigenvalue weighted by Gasteiger charge is 2.38. The maximum atomic E-state index is 13.6. The van der Waals surface area contributed by atoms with Gasteiger partial charge in [0.2, 0.25) is 0 Å². The second-order valence-electron chi connectivity index (χ2n) is 5.76. The molecule has 146 valence electrons. The van der Waals surface area contributed by atoms with Crippen LogP contribution in [0.2, 0.25) is 0 Å². The molecule has 28 heavy (non-hydrogen) atoms. The van der Waals surface area contributed by atoms with Crippen LogP contribution in [0, 0.1) is 17.5 Å². The third-order valence-electron chi connectivity index (χ3n) is 3.90. The summed E-state index contributed by atoms with van der Waals surface area (Å²) in [5.74, 6) is -3.95. The van der Waals surface area contributed by atoms with Gasteiger partial charge in [0.05, 0.1) is 5.56 Å². The predicted molar refractivity (Wildman–Crippen MR) is 86.5 cm³/mol. The quantitative estimate of drug-likeness (QED) is 0.638. The van der Waals surface area contributed by atoms with Gasteiger partial charge in [0.15, 0.2) is 17.3 Å². The van der Waals surface area contributed by atoms with E-state index in [1.807, 2.05) is 5.10 Å². The number of nitrogens with one attached hydrogen (secondary N) is 2. The highest BCUT2D eigenvalue weighted by Crippen LogP contribution is 2.30. The number of alkyl halides is 3. The fourth-order valence-electron chi connectivity index (χ4n) is 2.59. The van der Waals surface area contributed by atoms with Crippen molar-refractivity contribution in [3.05, 3.63) is 76.9 Å². The first-order valence-electron chi connectivity index (χ1n) is 7.80. The summed E-state index contributed by atoms with van der Waals surface area (Å²) in [6, 6.07) is 6.34. The standard InChI is InChI=1S/C18H11F6N3O/c19-11-3-1-10(12(6-11)9-2-4-14(20)15(21)5-9)7-25-17(28)13-8-26-27-16(13)18(22,23)24/h1-6,8H,7H2,(H,25,28)(H,26,27). The van der Waals surface area contributed by atoms with E-state index in [9.17, 15) is 31.1 Å². The van der Waals surface area contributed by atoms with Crippen molar-refractivity contribution in [1.82, 2.24) is 15.5 Å². The molecule has 0 saturated carbocycles. The van der Waals surface area contributed by atoms with Crippen molar-refractivity contribution in [2.75, 3.05) is 0 Å². The number of H-pyrrole nitrogens is 1. The van der Waals surface area contributed by atoms with Crippen LogP contribution in [0.15, 0.2) is 42.6 Å². The lowest BCUT2D eigenvalue weighted by Crippen LogP contribution is -2.25. The molecule has 3 aromatic rings. The molecular weight excluding hydrogens is 388 g/mol. The van der Waals surface area contributed by atoms with Gasteiger partial charge >= 0.3 is 6.18 Å². The molecule has 0 saturated heterocycles. The van der Waals surface area contributed by atoms with Crippen molar-refractivity contribution < 1.29 is 31.1 Å². The molecule has 0 radical (unpaired) electrons. The molecule has 10 heteroatoms. The zero-order chi connectivity index (χ0) is 20.5. The first-order valence-corrected chi connectivity index (χ1v) is 7.80. The minimum atomic E-state index is -4.82. The first-order chi connectivity index (χ1) is 13.2. The van der Waals surface area contributed by atoms with Crippen molar-refractivity contribution in [3.63, 3.8) is 0 Å². The van der Waals surface area contributed by atoms with Crippen LogP contribution in [0.3, 0.4) is 0 Å². The number of rotatable bonds is 4. The highest BCUT2D eigenvalue weighted by molar-refractivity contribution is 5.95. The van der Waals surface area contributed by atoms with Crippen LogP contribution < -0.4 is 5.32 Å². The lowest BCUT2D eigenvalue weighted by atomic mass is 9.99. The molecule has 0 fully saturated rings. The third kappa shape index (κ3) is 4.00. The van der Waals surface area contributed by atoms with Crippen LogP contribution in [0.1, 0.15) is 21.6 Å². The summed E-state index contributed by atoms with van der Waals surface area (Å²) in [5, 5.41) is 7.28. The Morgan fingerprint density at radius 1 is 1.04 bits per heavy atom. The molecule has 3 rings (SSSR count). The van der Waals surface area contributed by atoms with Gasteiger partial charge in [-0.3, -0.25) is 9.89 Å². The predicted octanol–water partition coefficient (Wildman–Crippen LogP) is 4.44. The average molecular weight is 399 g/mol. The van der Waals surface area contributed by atoms with E-state index < -0.39 is 40.8 Å². The van der Waals surface area contributed by atoms with Crippen molar-refractivity contribution in [3.8, 4) is 11.1 Å². The Balaban J connectivity index is 1.87. The van der Waals surface area contributed by atoms with Crippen molar-refractivity contribution >= 4 is 5.91 Å². The lowest BCUT2D eigenvalue weighted by molar-refractivity contribution is -0.141. The summed E-state index contributed by atoms with van der Waals surface area (Å²) in [4.78, 5) is 12.1. The van der Waals surface area contributed by atoms with E-state index in [1.54, 1.807) is 0 Å². The molecule has 0 aliphatic rings. The number of carbonyl (C=O) groups excluding carboxylic acids is 1. The second kappa shape index (κ2) is 7.37. The molecule has 0 unspecified atom stereocenters. The van der Waals surface area contributed by atoms with Gasteiger partial charge in [0.1, 0.15) is 5.82 Å². The Hall–Kier alpha value is -3.30. The molecule has 4 nitrogen and oxygen atoms in total. The maximum absolute atomic E-state index is 13.6. The number of carbonyl (C=O) groups is 1. The minimum absolute atomic E-state index is 0.141. The van der Waals surface area contributed by atoms with Gasteiger partial charge in [-0.2, -0.15) is 18.3 Å². The van der Waals surface area contributed by atoms with Crippen LogP contribution in [-0.4, -0.2) is 16.1 Å². The van der Waals surface area contributed by atoms with Crippen molar-refractivity contribution in [1.29, 1.82) is 0 Å². The second-order valence-corrected chi connectivity index (χ2v) is 5.76. The van der Waals surface area contributed by atoms with Gasteiger partial charge in [0.25, 0.3) is 5.91 Å². The fourth-order valence-corrected chi connectivity index (χ4v) is 2.59. The van der Waals surface area contributed by atoms with Crippen LogP contribution in [0.25, 0.3) is 11.1 Å². The molecule has 0 bridgehead atoms. The van der Waals surface area contributed by atoms with E-state index in [-0.39, 0.29) is 23.2 Å². The Morgan fingerprint density at radius 2 is 1.79 bits per heavy atom. The van der Waals surface area contributed by atoms with E-state index >= 15 is 0 Å². The smallest absolute Gasteiger partial charge is 0.348 e. The van der Waals surface area contributed by atoms with Gasteiger partial charge in [-0.15, -0.1) is 0 Å². The van der Waals surface area contributed by atoms with E-state index in [2.05, 4.69) is 10.4 Å². The number of amides is 1. The van der Waals surface area contributed by atoms with Crippen LogP contribution >= 0.6 is 0 Å². The summed E-state index contributed by atoms with van der Waals surface area (Å²) in [7, 11) is 0. The Bertz CT molecular complexity index is 1030. The summed E-state index contributed by atoms with van der Waals surface area (Å²) < 4.78 is 78.8. The number of hydrogen-bond acceptors (Lipinski definition) is 2. The Labute approximate surface area is 154 Å². The third-order valence-corrected chi connectivity index (χ3v) is 3.90. The lowest BCUT2D eigenvalue weighted by Gasteiger charge is -2.12. The molecule has 1 heterocycles. The first kappa shape index (κ1) is 19.5. The van der Waals surface area contributed by atoms with Crippen LogP contribution in [-0.2, 0) is 12.7 Å². The summed E-state index contributed by atoms with van der Waals surface area (Å²) >= 11 is 0. The molecule has 2 aromatic carbocycles. The molecule has 0 atom stereocenters. The van der Waals surface area contributed by atoms with E-state index in [0.29, 0.717) is 0 Å². The molecular formula is C18H11F6N3O. The van der Waals surface area contributed by atoms with Crippen molar-refractivity contribution in [2.24, 2.45) is 0 Å². The number of hydrogen-bond donors (Lipinski definition) is 2. The van der Waals surface area contributed by atoms with E-state index in [0.717, 1.165) is 30.5 Å².